The molecule has 0 aliphatic rings. The predicted molar refractivity (Wildman–Crippen MR) is 63.2 cm³/mol. The molecule has 0 saturated carbocycles. The van der Waals surface area contributed by atoms with Crippen LogP contribution >= 0.6 is 0 Å². The second-order valence-corrected chi connectivity index (χ2v) is 3.22. The lowest BCUT2D eigenvalue weighted by molar-refractivity contribution is -0.116. The Hall–Kier alpha value is -2.41. The Morgan fingerprint density at radius 3 is 2.94 bits per heavy atom. The van der Waals surface area contributed by atoms with Gasteiger partial charge in [-0.1, -0.05) is 18.2 Å². The summed E-state index contributed by atoms with van der Waals surface area (Å²) in [6, 6.07) is 7.44. The molecule has 0 aromatic heterocycles. The van der Waals surface area contributed by atoms with E-state index in [4.69, 9.17) is 5.26 Å². The monoisotopic (exact) mass is 230 g/mol. The minimum absolute atomic E-state index is 0.0718. The number of amides is 1. The number of carbonyl (C=O) groups excluding carboxylic acids is 1. The van der Waals surface area contributed by atoms with Crippen molar-refractivity contribution in [1.29, 1.82) is 5.26 Å². The van der Waals surface area contributed by atoms with E-state index in [2.05, 4.69) is 11.9 Å². The number of benzene rings is 1. The number of nitriles is 1. The van der Waals surface area contributed by atoms with Gasteiger partial charge in [-0.15, -0.1) is 6.58 Å². The summed E-state index contributed by atoms with van der Waals surface area (Å²) in [4.78, 5) is 11.5. The third kappa shape index (κ3) is 3.92. The lowest BCUT2D eigenvalue weighted by Gasteiger charge is -2.00. The Bertz CT molecular complexity index is 500. The van der Waals surface area contributed by atoms with Crippen LogP contribution in [-0.2, 0) is 4.79 Å². The van der Waals surface area contributed by atoms with Gasteiger partial charge < -0.3 is 5.32 Å². The number of nitrogens with one attached hydrogen (secondary N) is 1. The maximum atomic E-state index is 12.9. The average Bonchev–Trinajstić information content (AvgIpc) is 2.33. The van der Waals surface area contributed by atoms with E-state index in [1.165, 1.54) is 30.4 Å². The second kappa shape index (κ2) is 6.23. The summed E-state index contributed by atoms with van der Waals surface area (Å²) >= 11 is 0. The third-order valence-electron chi connectivity index (χ3n) is 1.93. The molecule has 1 aromatic rings. The van der Waals surface area contributed by atoms with Crippen LogP contribution in [0.1, 0.15) is 5.56 Å². The molecular weight excluding hydrogens is 219 g/mol. The molecule has 0 bridgehead atoms. The van der Waals surface area contributed by atoms with E-state index in [1.807, 2.05) is 0 Å². The van der Waals surface area contributed by atoms with Crippen LogP contribution < -0.4 is 5.32 Å². The van der Waals surface area contributed by atoms with Gasteiger partial charge >= 0.3 is 0 Å². The standard InChI is InChI=1S/C13H11FN2O/c1-2-6-16-13(17)11(9-15)7-10-4-3-5-12(14)8-10/h2-5,7-8H,1,6H2,(H,16,17). The molecule has 0 unspecified atom stereocenters. The molecule has 0 saturated heterocycles. The van der Waals surface area contributed by atoms with Gasteiger partial charge in [0.15, 0.2) is 0 Å². The molecule has 0 atom stereocenters. The van der Waals surface area contributed by atoms with E-state index < -0.39 is 11.7 Å². The van der Waals surface area contributed by atoms with E-state index >= 15 is 0 Å². The van der Waals surface area contributed by atoms with E-state index in [0.29, 0.717) is 5.56 Å². The molecule has 1 rings (SSSR count). The molecule has 1 amide bonds. The van der Waals surface area contributed by atoms with Crippen molar-refractivity contribution in [2.24, 2.45) is 0 Å². The molecule has 86 valence electrons. The number of nitrogens with zero attached hydrogens (tertiary/aromatic N) is 1. The summed E-state index contributed by atoms with van der Waals surface area (Å²) in [5, 5.41) is 11.3. The molecule has 4 heteroatoms. The van der Waals surface area contributed by atoms with Crippen molar-refractivity contribution < 1.29 is 9.18 Å². The summed E-state index contributed by atoms with van der Waals surface area (Å²) in [6.45, 7) is 3.73. The van der Waals surface area contributed by atoms with Crippen molar-refractivity contribution in [3.63, 3.8) is 0 Å². The third-order valence-corrected chi connectivity index (χ3v) is 1.93. The fraction of sp³-hybridized carbons (Fsp3) is 0.0769. The molecule has 0 aliphatic carbocycles. The van der Waals surface area contributed by atoms with Gasteiger partial charge in [0.05, 0.1) is 0 Å². The highest BCUT2D eigenvalue weighted by Gasteiger charge is 2.07. The second-order valence-electron chi connectivity index (χ2n) is 3.22. The van der Waals surface area contributed by atoms with E-state index in [9.17, 15) is 9.18 Å². The first-order valence-electron chi connectivity index (χ1n) is 4.94. The Morgan fingerprint density at radius 2 is 2.35 bits per heavy atom. The molecule has 1 aromatic carbocycles. The van der Waals surface area contributed by atoms with E-state index in [-0.39, 0.29) is 12.1 Å². The zero-order valence-corrected chi connectivity index (χ0v) is 9.11. The fourth-order valence-corrected chi connectivity index (χ4v) is 1.17. The summed E-state index contributed by atoms with van der Waals surface area (Å²) < 4.78 is 12.9. The first-order valence-corrected chi connectivity index (χ1v) is 4.94. The average molecular weight is 230 g/mol. The van der Waals surface area contributed by atoms with Crippen molar-refractivity contribution in [2.75, 3.05) is 6.54 Å². The van der Waals surface area contributed by atoms with Crippen LogP contribution in [0.15, 0.2) is 42.5 Å². The van der Waals surface area contributed by atoms with Gasteiger partial charge in [-0.3, -0.25) is 4.79 Å². The van der Waals surface area contributed by atoms with Crippen LogP contribution in [0, 0.1) is 17.1 Å². The normalized spacial score (nSPS) is 10.5. The predicted octanol–water partition coefficient (Wildman–Crippen LogP) is 2.03. The smallest absolute Gasteiger partial charge is 0.262 e. The summed E-state index contributed by atoms with van der Waals surface area (Å²) in [7, 11) is 0. The van der Waals surface area contributed by atoms with Crippen molar-refractivity contribution >= 4 is 12.0 Å². The molecule has 0 aliphatic heterocycles. The van der Waals surface area contributed by atoms with Gasteiger partial charge in [-0.25, -0.2) is 4.39 Å². The number of rotatable bonds is 4. The number of hydrogen-bond donors (Lipinski definition) is 1. The summed E-state index contributed by atoms with van der Waals surface area (Å²) in [6.07, 6.45) is 2.84. The fourth-order valence-electron chi connectivity index (χ4n) is 1.17. The van der Waals surface area contributed by atoms with Crippen LogP contribution in [0.5, 0.6) is 0 Å². The molecule has 3 nitrogen and oxygen atoms in total. The van der Waals surface area contributed by atoms with Crippen LogP contribution in [0.25, 0.3) is 6.08 Å². The van der Waals surface area contributed by atoms with Crippen molar-refractivity contribution in [3.8, 4) is 6.07 Å². The zero-order chi connectivity index (χ0) is 12.7. The zero-order valence-electron chi connectivity index (χ0n) is 9.11. The Labute approximate surface area is 98.9 Å². The SMILES string of the molecule is C=CCNC(=O)C(C#N)=Cc1cccc(F)c1. The summed E-state index contributed by atoms with van der Waals surface area (Å²) in [5.74, 6) is -0.917. The lowest BCUT2D eigenvalue weighted by atomic mass is 10.1. The van der Waals surface area contributed by atoms with Crippen LogP contribution in [0.4, 0.5) is 4.39 Å². The molecule has 0 radical (unpaired) electrons. The quantitative estimate of drug-likeness (QED) is 0.489. The molecule has 0 heterocycles. The van der Waals surface area contributed by atoms with E-state index in [1.54, 1.807) is 12.1 Å². The van der Waals surface area contributed by atoms with Crippen LogP contribution in [-0.4, -0.2) is 12.5 Å². The van der Waals surface area contributed by atoms with Gasteiger partial charge in [0, 0.05) is 6.54 Å². The Kier molecular flexibility index (Phi) is 4.64. The Morgan fingerprint density at radius 1 is 1.59 bits per heavy atom. The topological polar surface area (TPSA) is 52.9 Å². The lowest BCUT2D eigenvalue weighted by Crippen LogP contribution is -2.24. The molecule has 0 spiro atoms. The minimum Gasteiger partial charge on any atom is -0.348 e. The summed E-state index contributed by atoms with van der Waals surface area (Å²) in [5.41, 5.74) is 0.396. The maximum absolute atomic E-state index is 12.9. The molecular formula is C13H11FN2O. The van der Waals surface area contributed by atoms with Gasteiger partial charge in [0.2, 0.25) is 0 Å². The van der Waals surface area contributed by atoms with E-state index in [0.717, 1.165) is 0 Å². The molecule has 17 heavy (non-hydrogen) atoms. The van der Waals surface area contributed by atoms with Gasteiger partial charge in [-0.2, -0.15) is 5.26 Å². The maximum Gasteiger partial charge on any atom is 0.262 e. The number of halogens is 1. The number of hydrogen-bond acceptors (Lipinski definition) is 2. The van der Waals surface area contributed by atoms with Crippen molar-refractivity contribution in [3.05, 3.63) is 53.9 Å². The highest BCUT2D eigenvalue weighted by Crippen LogP contribution is 2.08. The van der Waals surface area contributed by atoms with Gasteiger partial charge in [-0.05, 0) is 23.8 Å². The van der Waals surface area contributed by atoms with Crippen LogP contribution in [0.3, 0.4) is 0 Å². The Balaban J connectivity index is 2.91. The minimum atomic E-state index is -0.503. The molecule has 0 fully saturated rings. The van der Waals surface area contributed by atoms with Crippen molar-refractivity contribution in [1.82, 2.24) is 5.32 Å². The van der Waals surface area contributed by atoms with Gasteiger partial charge in [0.25, 0.3) is 5.91 Å². The highest BCUT2D eigenvalue weighted by molar-refractivity contribution is 6.01. The molecule has 1 N–H and O–H groups in total. The largest absolute Gasteiger partial charge is 0.348 e. The number of carbonyl (C=O) groups is 1. The highest BCUT2D eigenvalue weighted by atomic mass is 19.1. The van der Waals surface area contributed by atoms with Gasteiger partial charge in [0.1, 0.15) is 17.5 Å². The first kappa shape index (κ1) is 12.7. The first-order chi connectivity index (χ1) is 8.17. The van der Waals surface area contributed by atoms with Crippen molar-refractivity contribution in [2.45, 2.75) is 0 Å². The van der Waals surface area contributed by atoms with Crippen LogP contribution in [0.2, 0.25) is 0 Å².